The zero-order valence-corrected chi connectivity index (χ0v) is 17.1. The predicted octanol–water partition coefficient (Wildman–Crippen LogP) is 3.31. The number of aryl methyl sites for hydroxylation is 1. The molecule has 2 amide bonds. The van der Waals surface area contributed by atoms with E-state index in [1.165, 1.54) is 16.9 Å². The zero-order valence-electron chi connectivity index (χ0n) is 16.3. The molecule has 0 spiro atoms. The third-order valence-corrected chi connectivity index (χ3v) is 4.82. The Morgan fingerprint density at radius 2 is 2.26 bits per heavy atom. The van der Waals surface area contributed by atoms with Gasteiger partial charge < -0.3 is 14.8 Å². The lowest BCUT2D eigenvalue weighted by Gasteiger charge is -2.19. The molecule has 3 heterocycles. The highest BCUT2D eigenvalue weighted by Gasteiger charge is 2.24. The summed E-state index contributed by atoms with van der Waals surface area (Å²) in [7, 11) is 1.55. The van der Waals surface area contributed by atoms with E-state index in [4.69, 9.17) is 21.1 Å². The number of ether oxygens (including phenoxy) is 2. The van der Waals surface area contributed by atoms with Crippen molar-refractivity contribution in [3.63, 3.8) is 0 Å². The van der Waals surface area contributed by atoms with Crippen molar-refractivity contribution in [2.45, 2.75) is 13.0 Å². The Morgan fingerprint density at radius 1 is 1.45 bits per heavy atom. The molecule has 2 aromatic heterocycles. The van der Waals surface area contributed by atoms with Crippen molar-refractivity contribution in [2.75, 3.05) is 17.2 Å². The van der Waals surface area contributed by atoms with E-state index in [0.717, 1.165) is 6.07 Å². The van der Waals surface area contributed by atoms with E-state index < -0.39 is 23.9 Å². The molecule has 0 bridgehead atoms. The maximum Gasteiger partial charge on any atom is 0.413 e. The molecule has 12 heteroatoms. The number of benzene rings is 1. The molecule has 0 saturated heterocycles. The molecule has 0 unspecified atom stereocenters. The Kier molecular flexibility index (Phi) is 5.42. The number of nitrogens with zero attached hydrogens (tertiary/aromatic N) is 4. The number of carbonyl (C=O) groups excluding carboxylic acids is 2. The van der Waals surface area contributed by atoms with Crippen LogP contribution in [0.5, 0.6) is 5.75 Å². The molecule has 31 heavy (non-hydrogen) atoms. The van der Waals surface area contributed by atoms with Crippen LogP contribution in [0.4, 0.5) is 20.7 Å². The van der Waals surface area contributed by atoms with E-state index in [0.29, 0.717) is 11.1 Å². The van der Waals surface area contributed by atoms with Crippen molar-refractivity contribution in [3.8, 4) is 17.0 Å². The molecule has 1 aromatic carbocycles. The predicted molar refractivity (Wildman–Crippen MR) is 108 cm³/mol. The van der Waals surface area contributed by atoms with Crippen molar-refractivity contribution < 1.29 is 23.5 Å². The molecule has 3 aromatic rings. The number of halogens is 2. The number of hydrogen-bond acceptors (Lipinski definition) is 7. The van der Waals surface area contributed by atoms with Gasteiger partial charge in [-0.3, -0.25) is 10.1 Å². The van der Waals surface area contributed by atoms with Crippen LogP contribution < -0.4 is 15.4 Å². The van der Waals surface area contributed by atoms with E-state index in [-0.39, 0.29) is 34.7 Å². The Hall–Kier alpha value is -3.73. The Bertz CT molecular complexity index is 1180. The average Bonchev–Trinajstić information content (AvgIpc) is 3.08. The summed E-state index contributed by atoms with van der Waals surface area (Å²) in [5.74, 6) is -0.839. The number of hydrogen-bond donors (Lipinski definition) is 2. The zero-order chi connectivity index (χ0) is 22.1. The summed E-state index contributed by atoms with van der Waals surface area (Å²) in [4.78, 5) is 27.8. The van der Waals surface area contributed by atoms with Crippen LogP contribution in [0.15, 0.2) is 30.5 Å². The highest BCUT2D eigenvalue weighted by molar-refractivity contribution is 6.30. The summed E-state index contributed by atoms with van der Waals surface area (Å²) in [5.41, 5.74) is 0.964. The Balaban J connectivity index is 1.57. The molecule has 0 saturated carbocycles. The van der Waals surface area contributed by atoms with Gasteiger partial charge in [0.2, 0.25) is 0 Å². The molecular formula is C19H16ClFN6O4. The van der Waals surface area contributed by atoms with Crippen molar-refractivity contribution >= 4 is 35.1 Å². The van der Waals surface area contributed by atoms with E-state index in [1.807, 2.05) is 0 Å². The standard InChI is InChI=1S/C19H16ClFN6O4/c1-9(11-4-3-5-22-17(11)20)31-19(29)24-18-15(25-26-27(18)2)10-6-12(21)16-13(7-10)30-8-14(28)23-16/h3-7,9H,8H2,1-2H3,(H,23,28)(H,24,29)/t9-/m1/s1. The molecule has 0 radical (unpaired) electrons. The Labute approximate surface area is 180 Å². The normalized spacial score (nSPS) is 13.6. The van der Waals surface area contributed by atoms with E-state index in [2.05, 4.69) is 25.9 Å². The highest BCUT2D eigenvalue weighted by Crippen LogP contribution is 2.37. The minimum Gasteiger partial charge on any atom is -0.481 e. The summed E-state index contributed by atoms with van der Waals surface area (Å²) in [6.45, 7) is 1.41. The first-order chi connectivity index (χ1) is 14.8. The second kappa shape index (κ2) is 8.19. The van der Waals surface area contributed by atoms with Gasteiger partial charge in [0.15, 0.2) is 18.2 Å². The lowest BCUT2D eigenvalue weighted by atomic mass is 10.1. The molecular weight excluding hydrogens is 431 g/mol. The van der Waals surface area contributed by atoms with E-state index >= 15 is 0 Å². The number of rotatable bonds is 4. The summed E-state index contributed by atoms with van der Waals surface area (Å²) < 4.78 is 26.5. The number of anilines is 2. The fourth-order valence-corrected chi connectivity index (χ4v) is 3.29. The first kappa shape index (κ1) is 20.5. The van der Waals surface area contributed by atoms with Gasteiger partial charge in [-0.15, -0.1) is 5.10 Å². The van der Waals surface area contributed by atoms with Gasteiger partial charge in [0.05, 0.1) is 0 Å². The molecule has 1 atom stereocenters. The summed E-state index contributed by atoms with van der Waals surface area (Å²) >= 11 is 6.04. The first-order valence-corrected chi connectivity index (χ1v) is 9.45. The lowest BCUT2D eigenvalue weighted by molar-refractivity contribution is -0.118. The molecule has 2 N–H and O–H groups in total. The van der Waals surface area contributed by atoms with Gasteiger partial charge in [0, 0.05) is 24.4 Å². The van der Waals surface area contributed by atoms with Gasteiger partial charge in [-0.05, 0) is 25.1 Å². The number of amides is 2. The van der Waals surface area contributed by atoms with Gasteiger partial charge in [0.1, 0.15) is 28.4 Å². The van der Waals surface area contributed by atoms with Crippen LogP contribution in [-0.2, 0) is 16.6 Å². The highest BCUT2D eigenvalue weighted by atomic mass is 35.5. The van der Waals surface area contributed by atoms with Crippen molar-refractivity contribution in [3.05, 3.63) is 47.0 Å². The topological polar surface area (TPSA) is 120 Å². The van der Waals surface area contributed by atoms with Crippen LogP contribution in [0.2, 0.25) is 5.15 Å². The third-order valence-electron chi connectivity index (χ3n) is 4.51. The van der Waals surface area contributed by atoms with Crippen molar-refractivity contribution in [1.82, 2.24) is 20.0 Å². The van der Waals surface area contributed by atoms with Crippen LogP contribution in [0.1, 0.15) is 18.6 Å². The van der Waals surface area contributed by atoms with Crippen LogP contribution in [-0.4, -0.2) is 38.6 Å². The number of carbonyl (C=O) groups is 2. The Morgan fingerprint density at radius 3 is 3.03 bits per heavy atom. The summed E-state index contributed by atoms with van der Waals surface area (Å²) in [6, 6.07) is 6.03. The maximum absolute atomic E-state index is 14.5. The largest absolute Gasteiger partial charge is 0.481 e. The van der Waals surface area contributed by atoms with Crippen LogP contribution in [0.3, 0.4) is 0 Å². The van der Waals surface area contributed by atoms with Crippen molar-refractivity contribution in [2.24, 2.45) is 7.05 Å². The van der Waals surface area contributed by atoms with Gasteiger partial charge in [0.25, 0.3) is 5.91 Å². The van der Waals surface area contributed by atoms with Gasteiger partial charge >= 0.3 is 6.09 Å². The molecule has 10 nitrogen and oxygen atoms in total. The molecule has 1 aliphatic rings. The smallest absolute Gasteiger partial charge is 0.413 e. The number of pyridine rings is 1. The molecule has 0 fully saturated rings. The number of nitrogens with one attached hydrogen (secondary N) is 2. The monoisotopic (exact) mass is 446 g/mol. The fraction of sp³-hybridized carbons (Fsp3) is 0.211. The SMILES string of the molecule is C[C@@H](OC(=O)Nc1c(-c2cc(F)c3c(c2)OCC(=O)N3)nnn1C)c1cccnc1Cl. The first-order valence-electron chi connectivity index (χ1n) is 9.07. The fourth-order valence-electron chi connectivity index (χ4n) is 3.02. The lowest BCUT2D eigenvalue weighted by Crippen LogP contribution is -2.26. The summed E-state index contributed by atoms with van der Waals surface area (Å²) in [5, 5.41) is 13.1. The van der Waals surface area contributed by atoms with Crippen LogP contribution >= 0.6 is 11.6 Å². The van der Waals surface area contributed by atoms with Gasteiger partial charge in [-0.2, -0.15) is 0 Å². The molecule has 0 aliphatic carbocycles. The van der Waals surface area contributed by atoms with E-state index in [9.17, 15) is 14.0 Å². The minimum absolute atomic E-state index is 0.0556. The molecule has 1 aliphatic heterocycles. The van der Waals surface area contributed by atoms with Crippen LogP contribution in [0.25, 0.3) is 11.3 Å². The third kappa shape index (κ3) is 4.12. The minimum atomic E-state index is -0.791. The number of fused-ring (bicyclic) bond motifs is 1. The van der Waals surface area contributed by atoms with E-state index in [1.54, 1.807) is 26.1 Å². The maximum atomic E-state index is 14.5. The quantitative estimate of drug-likeness (QED) is 0.590. The van der Waals surface area contributed by atoms with Crippen molar-refractivity contribution in [1.29, 1.82) is 0 Å². The second-order valence-electron chi connectivity index (χ2n) is 6.63. The second-order valence-corrected chi connectivity index (χ2v) is 6.99. The van der Waals surface area contributed by atoms with Crippen LogP contribution in [0, 0.1) is 5.82 Å². The number of aromatic nitrogens is 4. The molecule has 160 valence electrons. The summed E-state index contributed by atoms with van der Waals surface area (Å²) in [6.07, 6.45) is 0.0593. The van der Waals surface area contributed by atoms with Gasteiger partial charge in [-0.1, -0.05) is 22.9 Å². The molecule has 4 rings (SSSR count). The average molecular weight is 447 g/mol. The van der Waals surface area contributed by atoms with Gasteiger partial charge in [-0.25, -0.2) is 18.9 Å².